The molecule has 0 bridgehead atoms. The summed E-state index contributed by atoms with van der Waals surface area (Å²) in [4.78, 5) is 11.8. The summed E-state index contributed by atoms with van der Waals surface area (Å²) in [5.74, 6) is 0.233. The smallest absolute Gasteiger partial charge is 0.238 e. The highest BCUT2D eigenvalue weighted by Crippen LogP contribution is 2.30. The molecule has 0 aliphatic carbocycles. The molecule has 1 saturated heterocycles. The van der Waals surface area contributed by atoms with Gasteiger partial charge in [0.1, 0.15) is 0 Å². The molecule has 1 aliphatic heterocycles. The molecular formula is C13H20INO. The topological polar surface area (TPSA) is 20.3 Å². The van der Waals surface area contributed by atoms with Gasteiger partial charge < -0.3 is 0 Å². The average Bonchev–Trinajstić information content (AvgIpc) is 2.39. The molecule has 1 heterocycles. The SMILES string of the molecule is C=C/C=C1\C(=C)CCC(C)C(=O)N1I.CC. The van der Waals surface area contributed by atoms with Gasteiger partial charge >= 0.3 is 0 Å². The maximum absolute atomic E-state index is 11.8. The van der Waals surface area contributed by atoms with Gasteiger partial charge in [-0.25, -0.2) is 0 Å². The first-order valence-corrected chi connectivity index (χ1v) is 6.55. The molecule has 1 atom stereocenters. The molecule has 1 aliphatic rings. The van der Waals surface area contributed by atoms with Gasteiger partial charge in [-0.1, -0.05) is 40.0 Å². The first-order valence-electron chi connectivity index (χ1n) is 5.58. The lowest BCUT2D eigenvalue weighted by Crippen LogP contribution is -2.23. The highest BCUT2D eigenvalue weighted by molar-refractivity contribution is 14.1. The summed E-state index contributed by atoms with van der Waals surface area (Å²) >= 11 is 2.03. The summed E-state index contributed by atoms with van der Waals surface area (Å²) in [6.45, 7) is 13.6. The number of allylic oxidation sites excluding steroid dienone is 3. The van der Waals surface area contributed by atoms with E-state index in [1.807, 2.05) is 49.7 Å². The molecule has 0 aromatic carbocycles. The second-order valence-electron chi connectivity index (χ2n) is 3.45. The number of nitrogens with zero attached hydrogens (tertiary/aromatic N) is 1. The van der Waals surface area contributed by atoms with Gasteiger partial charge in [0, 0.05) is 5.92 Å². The Labute approximate surface area is 113 Å². The predicted octanol–water partition coefficient (Wildman–Crippen LogP) is 4.25. The zero-order valence-electron chi connectivity index (χ0n) is 10.3. The summed E-state index contributed by atoms with van der Waals surface area (Å²) in [6.07, 6.45) is 5.29. The van der Waals surface area contributed by atoms with Crippen LogP contribution in [-0.4, -0.2) is 9.02 Å². The molecule has 0 radical (unpaired) electrons. The summed E-state index contributed by atoms with van der Waals surface area (Å²) in [6, 6.07) is 0. The minimum atomic E-state index is 0.0827. The van der Waals surface area contributed by atoms with Crippen molar-refractivity contribution in [1.82, 2.24) is 3.11 Å². The van der Waals surface area contributed by atoms with E-state index in [4.69, 9.17) is 0 Å². The maximum Gasteiger partial charge on any atom is 0.238 e. The van der Waals surface area contributed by atoms with Crippen LogP contribution in [-0.2, 0) is 4.79 Å². The zero-order chi connectivity index (χ0) is 12.7. The molecule has 2 nitrogen and oxygen atoms in total. The third kappa shape index (κ3) is 3.77. The lowest BCUT2D eigenvalue weighted by Gasteiger charge is -2.17. The highest BCUT2D eigenvalue weighted by atomic mass is 127. The lowest BCUT2D eigenvalue weighted by atomic mass is 10.0. The number of halogens is 1. The Morgan fingerprint density at radius 1 is 1.50 bits per heavy atom. The third-order valence-electron chi connectivity index (χ3n) is 2.34. The van der Waals surface area contributed by atoms with Crippen molar-refractivity contribution in [3.8, 4) is 0 Å². The minimum Gasteiger partial charge on any atom is -0.273 e. The molecule has 1 unspecified atom stereocenters. The van der Waals surface area contributed by atoms with E-state index in [9.17, 15) is 4.79 Å². The quantitative estimate of drug-likeness (QED) is 0.519. The molecule has 0 aromatic heterocycles. The number of hydrogen-bond donors (Lipinski definition) is 0. The summed E-state index contributed by atoms with van der Waals surface area (Å²) < 4.78 is 1.65. The molecule has 1 amide bonds. The first-order chi connectivity index (χ1) is 7.57. The Hall–Kier alpha value is -0.580. The van der Waals surface area contributed by atoms with Crippen LogP contribution in [0.15, 0.2) is 36.6 Å². The van der Waals surface area contributed by atoms with Crippen molar-refractivity contribution in [1.29, 1.82) is 0 Å². The van der Waals surface area contributed by atoms with Crippen molar-refractivity contribution in [3.05, 3.63) is 36.6 Å². The van der Waals surface area contributed by atoms with Gasteiger partial charge in [-0.3, -0.25) is 7.91 Å². The zero-order valence-corrected chi connectivity index (χ0v) is 12.5. The van der Waals surface area contributed by atoms with Crippen LogP contribution in [0.3, 0.4) is 0 Å². The standard InChI is InChI=1S/C11H14INO.C2H6/c1-4-5-10-8(2)6-7-9(3)11(14)13(10)12;1-2/h4-5,9H,1-2,6-7H2,3H3;1-2H3/b10-5+;. The van der Waals surface area contributed by atoms with Gasteiger partial charge in [0.25, 0.3) is 0 Å². The second-order valence-corrected chi connectivity index (χ2v) is 4.41. The van der Waals surface area contributed by atoms with Crippen LogP contribution in [0.25, 0.3) is 0 Å². The monoisotopic (exact) mass is 333 g/mol. The van der Waals surface area contributed by atoms with E-state index < -0.39 is 0 Å². The van der Waals surface area contributed by atoms with Crippen LogP contribution < -0.4 is 0 Å². The Bertz CT molecular complexity index is 307. The van der Waals surface area contributed by atoms with Crippen molar-refractivity contribution in [2.24, 2.45) is 5.92 Å². The predicted molar refractivity (Wildman–Crippen MR) is 78.0 cm³/mol. The molecule has 1 rings (SSSR count). The van der Waals surface area contributed by atoms with E-state index in [0.717, 1.165) is 24.1 Å². The van der Waals surface area contributed by atoms with Crippen molar-refractivity contribution in [2.45, 2.75) is 33.6 Å². The number of amides is 1. The van der Waals surface area contributed by atoms with Crippen LogP contribution in [0.4, 0.5) is 0 Å². The minimum absolute atomic E-state index is 0.0827. The second kappa shape index (κ2) is 7.65. The van der Waals surface area contributed by atoms with E-state index in [-0.39, 0.29) is 11.8 Å². The fourth-order valence-electron chi connectivity index (χ4n) is 1.39. The van der Waals surface area contributed by atoms with Gasteiger partial charge in [-0.05, 0) is 24.5 Å². The lowest BCUT2D eigenvalue weighted by molar-refractivity contribution is -0.127. The van der Waals surface area contributed by atoms with Crippen LogP contribution >= 0.6 is 22.9 Å². The van der Waals surface area contributed by atoms with Crippen molar-refractivity contribution >= 4 is 28.8 Å². The number of carbonyl (C=O) groups excluding carboxylic acids is 1. The Morgan fingerprint density at radius 3 is 2.56 bits per heavy atom. The van der Waals surface area contributed by atoms with Crippen LogP contribution in [0.1, 0.15) is 33.6 Å². The molecular weight excluding hydrogens is 313 g/mol. The number of hydrogen-bond acceptors (Lipinski definition) is 1. The summed E-state index contributed by atoms with van der Waals surface area (Å²) in [5.41, 5.74) is 1.90. The van der Waals surface area contributed by atoms with Crippen molar-refractivity contribution in [2.75, 3.05) is 0 Å². The summed E-state index contributed by atoms with van der Waals surface area (Å²) in [5, 5.41) is 0. The first kappa shape index (κ1) is 15.4. The van der Waals surface area contributed by atoms with E-state index in [1.165, 1.54) is 0 Å². The highest BCUT2D eigenvalue weighted by Gasteiger charge is 2.26. The van der Waals surface area contributed by atoms with Gasteiger partial charge in [-0.2, -0.15) is 0 Å². The van der Waals surface area contributed by atoms with Crippen LogP contribution in [0, 0.1) is 5.92 Å². The fraction of sp³-hybridized carbons (Fsp3) is 0.462. The van der Waals surface area contributed by atoms with Crippen molar-refractivity contribution < 1.29 is 4.79 Å². The maximum atomic E-state index is 11.8. The number of carbonyl (C=O) groups is 1. The fourth-order valence-corrected chi connectivity index (χ4v) is 2.37. The average molecular weight is 333 g/mol. The van der Waals surface area contributed by atoms with E-state index in [0.29, 0.717) is 0 Å². The molecule has 16 heavy (non-hydrogen) atoms. The molecule has 3 heteroatoms. The number of rotatable bonds is 1. The Morgan fingerprint density at radius 2 is 2.06 bits per heavy atom. The van der Waals surface area contributed by atoms with Gasteiger partial charge in [0.15, 0.2) is 0 Å². The Kier molecular flexibility index (Phi) is 7.38. The van der Waals surface area contributed by atoms with Crippen molar-refractivity contribution in [3.63, 3.8) is 0 Å². The largest absolute Gasteiger partial charge is 0.273 e. The van der Waals surface area contributed by atoms with Crippen LogP contribution in [0.2, 0.25) is 0 Å². The normalized spacial score (nSPS) is 23.6. The molecule has 0 saturated carbocycles. The molecule has 90 valence electrons. The Balaban J connectivity index is 0.00000106. The van der Waals surface area contributed by atoms with E-state index >= 15 is 0 Å². The van der Waals surface area contributed by atoms with Gasteiger partial charge in [-0.15, -0.1) is 0 Å². The van der Waals surface area contributed by atoms with E-state index in [2.05, 4.69) is 13.2 Å². The van der Waals surface area contributed by atoms with Gasteiger partial charge in [0.05, 0.1) is 28.6 Å². The van der Waals surface area contributed by atoms with Crippen LogP contribution in [0.5, 0.6) is 0 Å². The molecule has 0 N–H and O–H groups in total. The summed E-state index contributed by atoms with van der Waals surface area (Å²) in [7, 11) is 0. The van der Waals surface area contributed by atoms with E-state index in [1.54, 1.807) is 9.19 Å². The third-order valence-corrected chi connectivity index (χ3v) is 3.34. The van der Waals surface area contributed by atoms with Gasteiger partial charge in [0.2, 0.25) is 5.91 Å². The molecule has 0 aromatic rings. The molecule has 0 spiro atoms. The molecule has 1 fully saturated rings.